The van der Waals surface area contributed by atoms with Crippen LogP contribution in [-0.4, -0.2) is 47.5 Å². The molecular formula is C25H28N2O5S. The van der Waals surface area contributed by atoms with E-state index in [-0.39, 0.29) is 22.9 Å². The summed E-state index contributed by atoms with van der Waals surface area (Å²) in [7, 11) is 2.41. The minimum absolute atomic E-state index is 0.0452. The van der Waals surface area contributed by atoms with Gasteiger partial charge >= 0.3 is 0 Å². The first-order valence-electron chi connectivity index (χ1n) is 10.3. The fourth-order valence-electron chi connectivity index (χ4n) is 3.47. The Labute approximate surface area is 195 Å². The van der Waals surface area contributed by atoms with Gasteiger partial charge in [0.1, 0.15) is 0 Å². The number of rotatable bonds is 8. The number of hydrogen-bond donors (Lipinski definition) is 0. The molecule has 0 spiro atoms. The van der Waals surface area contributed by atoms with Gasteiger partial charge in [0.05, 0.1) is 24.8 Å². The van der Waals surface area contributed by atoms with Gasteiger partial charge in [-0.2, -0.15) is 0 Å². The molecule has 7 nitrogen and oxygen atoms in total. The molecule has 3 rings (SSSR count). The molecule has 0 aliphatic rings. The molecular weight excluding hydrogens is 440 g/mol. The van der Waals surface area contributed by atoms with E-state index in [1.165, 1.54) is 28.4 Å². The molecule has 0 aliphatic heterocycles. The average Bonchev–Trinajstić information content (AvgIpc) is 2.83. The Hall–Kier alpha value is -3.52. The maximum Gasteiger partial charge on any atom is 0.264 e. The van der Waals surface area contributed by atoms with Crippen molar-refractivity contribution in [1.29, 1.82) is 0 Å². The average molecular weight is 469 g/mol. The zero-order valence-electron chi connectivity index (χ0n) is 19.4. The third kappa shape index (κ3) is 5.12. The number of hydrogen-bond acceptors (Lipinski definition) is 5. The molecule has 1 amide bonds. The second kappa shape index (κ2) is 9.95. The molecule has 0 fully saturated rings. The van der Waals surface area contributed by atoms with Crippen LogP contribution in [0.4, 0.5) is 5.69 Å². The number of nitrogens with zero attached hydrogens (tertiary/aromatic N) is 2. The van der Waals surface area contributed by atoms with E-state index >= 15 is 0 Å². The molecule has 0 saturated carbocycles. The highest BCUT2D eigenvalue weighted by atomic mass is 32.2. The lowest BCUT2D eigenvalue weighted by molar-refractivity contribution is 0.0783. The summed E-state index contributed by atoms with van der Waals surface area (Å²) in [5.41, 5.74) is 2.63. The molecule has 0 aromatic heterocycles. The molecule has 3 aromatic rings. The number of ether oxygens (including phenoxy) is 2. The Balaban J connectivity index is 1.85. The predicted molar refractivity (Wildman–Crippen MR) is 129 cm³/mol. The van der Waals surface area contributed by atoms with Crippen molar-refractivity contribution in [2.75, 3.05) is 32.6 Å². The Morgan fingerprint density at radius 3 is 2.21 bits per heavy atom. The number of para-hydroxylation sites is 1. The summed E-state index contributed by atoms with van der Waals surface area (Å²) < 4.78 is 38.3. The van der Waals surface area contributed by atoms with Gasteiger partial charge in [0.2, 0.25) is 0 Å². The van der Waals surface area contributed by atoms with Gasteiger partial charge in [-0.3, -0.25) is 9.10 Å². The number of amides is 1. The van der Waals surface area contributed by atoms with Crippen LogP contribution in [0.15, 0.2) is 71.6 Å². The van der Waals surface area contributed by atoms with Crippen LogP contribution in [0.5, 0.6) is 11.5 Å². The number of methoxy groups -OCH3 is 2. The van der Waals surface area contributed by atoms with Gasteiger partial charge in [0.15, 0.2) is 11.5 Å². The zero-order valence-corrected chi connectivity index (χ0v) is 20.2. The van der Waals surface area contributed by atoms with Crippen molar-refractivity contribution in [3.8, 4) is 11.5 Å². The molecule has 8 heteroatoms. The van der Waals surface area contributed by atoms with E-state index in [2.05, 4.69) is 0 Å². The van der Waals surface area contributed by atoms with Gasteiger partial charge < -0.3 is 14.4 Å². The molecule has 0 bridgehead atoms. The minimum Gasteiger partial charge on any atom is -0.493 e. The van der Waals surface area contributed by atoms with Crippen molar-refractivity contribution in [3.05, 3.63) is 83.4 Å². The van der Waals surface area contributed by atoms with Gasteiger partial charge in [0, 0.05) is 31.8 Å². The minimum atomic E-state index is -3.84. The Morgan fingerprint density at radius 1 is 0.909 bits per heavy atom. The van der Waals surface area contributed by atoms with E-state index in [9.17, 15) is 13.2 Å². The van der Waals surface area contributed by atoms with E-state index < -0.39 is 10.0 Å². The van der Waals surface area contributed by atoms with Crippen LogP contribution in [0, 0.1) is 6.92 Å². The second-order valence-corrected chi connectivity index (χ2v) is 9.62. The molecule has 0 unspecified atom stereocenters. The molecule has 0 aliphatic carbocycles. The van der Waals surface area contributed by atoms with Crippen molar-refractivity contribution in [1.82, 2.24) is 4.90 Å². The van der Waals surface area contributed by atoms with E-state index in [4.69, 9.17) is 9.47 Å². The fraction of sp³-hybridized carbons (Fsp3) is 0.240. The van der Waals surface area contributed by atoms with Crippen LogP contribution in [0.3, 0.4) is 0 Å². The zero-order chi connectivity index (χ0) is 24.2. The van der Waals surface area contributed by atoms with Gasteiger partial charge in [-0.05, 0) is 43.3 Å². The van der Waals surface area contributed by atoms with Crippen LogP contribution < -0.4 is 13.8 Å². The quantitative estimate of drug-likeness (QED) is 0.497. The SMILES string of the molecule is COc1cccc(CN(C)C(=O)c2cccc(S(=O)(=O)N(C)c3ccc(C)cc3)c2)c1OC. The lowest BCUT2D eigenvalue weighted by Crippen LogP contribution is -2.28. The van der Waals surface area contributed by atoms with Crippen LogP contribution in [0.25, 0.3) is 0 Å². The largest absolute Gasteiger partial charge is 0.493 e. The van der Waals surface area contributed by atoms with Gasteiger partial charge in [-0.1, -0.05) is 35.9 Å². The normalized spacial score (nSPS) is 11.1. The third-order valence-electron chi connectivity index (χ3n) is 5.38. The molecule has 0 radical (unpaired) electrons. The molecule has 3 aromatic carbocycles. The molecule has 0 atom stereocenters. The summed E-state index contributed by atoms with van der Waals surface area (Å²) in [6.45, 7) is 2.20. The van der Waals surface area contributed by atoms with Crippen molar-refractivity contribution >= 4 is 21.6 Å². The monoisotopic (exact) mass is 468 g/mol. The molecule has 174 valence electrons. The summed E-state index contributed by atoms with van der Waals surface area (Å²) in [5, 5.41) is 0. The number of aryl methyl sites for hydroxylation is 1. The predicted octanol–water partition coefficient (Wildman–Crippen LogP) is 4.11. The maximum absolute atomic E-state index is 13.2. The van der Waals surface area contributed by atoms with Crippen molar-refractivity contribution in [3.63, 3.8) is 0 Å². The first-order chi connectivity index (χ1) is 15.7. The summed E-state index contributed by atoms with van der Waals surface area (Å²) in [6, 6.07) is 18.7. The molecule has 0 heterocycles. The fourth-order valence-corrected chi connectivity index (χ4v) is 4.71. The highest BCUT2D eigenvalue weighted by Crippen LogP contribution is 2.31. The summed E-state index contributed by atoms with van der Waals surface area (Å²) in [6.07, 6.45) is 0. The number of carbonyl (C=O) groups excluding carboxylic acids is 1. The Bertz CT molecular complexity index is 1240. The van der Waals surface area contributed by atoms with Gasteiger partial charge in [-0.15, -0.1) is 0 Å². The van der Waals surface area contributed by atoms with Crippen molar-refractivity contribution in [2.24, 2.45) is 0 Å². The summed E-state index contributed by atoms with van der Waals surface area (Å²) >= 11 is 0. The first kappa shape index (κ1) is 24.1. The number of sulfonamides is 1. The van der Waals surface area contributed by atoms with Crippen LogP contribution in [-0.2, 0) is 16.6 Å². The Morgan fingerprint density at radius 2 is 1.58 bits per heavy atom. The van der Waals surface area contributed by atoms with Crippen LogP contribution in [0.2, 0.25) is 0 Å². The lowest BCUT2D eigenvalue weighted by Gasteiger charge is -2.22. The standard InChI is InChI=1S/C25H28N2O5S/c1-18-12-14-21(15-13-18)27(3)33(29,30)22-10-6-8-19(16-22)25(28)26(2)17-20-9-7-11-23(31-4)24(20)32-5/h6-16H,17H2,1-5H3. The van der Waals surface area contributed by atoms with Crippen LogP contribution in [0.1, 0.15) is 21.5 Å². The number of carbonyl (C=O) groups is 1. The van der Waals surface area contributed by atoms with Gasteiger partial charge in [0.25, 0.3) is 15.9 Å². The van der Waals surface area contributed by atoms with Crippen molar-refractivity contribution < 1.29 is 22.7 Å². The van der Waals surface area contributed by atoms with Gasteiger partial charge in [-0.25, -0.2) is 8.42 Å². The van der Waals surface area contributed by atoms with E-state index in [0.29, 0.717) is 17.2 Å². The third-order valence-corrected chi connectivity index (χ3v) is 7.16. The van der Waals surface area contributed by atoms with Crippen LogP contribution >= 0.6 is 0 Å². The van der Waals surface area contributed by atoms with E-state index in [1.807, 2.05) is 31.2 Å². The van der Waals surface area contributed by atoms with E-state index in [1.54, 1.807) is 51.6 Å². The highest BCUT2D eigenvalue weighted by molar-refractivity contribution is 7.92. The Kier molecular flexibility index (Phi) is 7.28. The highest BCUT2D eigenvalue weighted by Gasteiger charge is 2.23. The first-order valence-corrected chi connectivity index (χ1v) is 11.7. The topological polar surface area (TPSA) is 76.2 Å². The summed E-state index contributed by atoms with van der Waals surface area (Å²) in [4.78, 5) is 14.7. The number of anilines is 1. The second-order valence-electron chi connectivity index (χ2n) is 7.65. The van der Waals surface area contributed by atoms with Crippen molar-refractivity contribution in [2.45, 2.75) is 18.4 Å². The smallest absolute Gasteiger partial charge is 0.264 e. The summed E-state index contributed by atoms with van der Waals surface area (Å²) in [5.74, 6) is 0.814. The van der Waals surface area contributed by atoms with E-state index in [0.717, 1.165) is 11.1 Å². The molecule has 33 heavy (non-hydrogen) atoms. The molecule has 0 saturated heterocycles. The number of benzene rings is 3. The lowest BCUT2D eigenvalue weighted by atomic mass is 10.1. The molecule has 0 N–H and O–H groups in total. The maximum atomic E-state index is 13.2.